The number of rotatable bonds is 4. The summed E-state index contributed by atoms with van der Waals surface area (Å²) in [5.74, 6) is -1.22. The molecule has 2 heterocycles. The maximum atomic E-state index is 13.1. The number of anilines is 3. The minimum Gasteiger partial charge on any atom is -0.368 e. The Morgan fingerprint density at radius 3 is 2.00 bits per heavy atom. The molecule has 8 nitrogen and oxygen atoms in total. The van der Waals surface area contributed by atoms with Gasteiger partial charge in [0, 0.05) is 37.9 Å². The van der Waals surface area contributed by atoms with Crippen molar-refractivity contribution in [2.45, 2.75) is 6.18 Å². The molecule has 2 aromatic rings. The summed E-state index contributed by atoms with van der Waals surface area (Å²) in [6.07, 6.45) is -0.565. The highest BCUT2D eigenvalue weighted by Crippen LogP contribution is 2.58. The van der Waals surface area contributed by atoms with Crippen LogP contribution in [0.4, 0.5) is 35.9 Å². The zero-order valence-corrected chi connectivity index (χ0v) is 18.9. The van der Waals surface area contributed by atoms with Crippen molar-refractivity contribution in [3.8, 4) is 0 Å². The highest BCUT2D eigenvalue weighted by Gasteiger charge is 2.65. The van der Waals surface area contributed by atoms with Crippen molar-refractivity contribution in [1.82, 2.24) is 0 Å². The number of nitro groups is 1. The second-order valence-electron chi connectivity index (χ2n) is 9.56. The summed E-state index contributed by atoms with van der Waals surface area (Å²) in [6.45, 7) is 1.47. The van der Waals surface area contributed by atoms with Crippen molar-refractivity contribution in [2.75, 3.05) is 40.9 Å². The van der Waals surface area contributed by atoms with E-state index < -0.39 is 16.7 Å². The third-order valence-electron chi connectivity index (χ3n) is 7.80. The molecule has 4 aliphatic rings. The zero-order valence-electron chi connectivity index (χ0n) is 18.9. The minimum absolute atomic E-state index is 0.0823. The van der Waals surface area contributed by atoms with Crippen LogP contribution in [-0.4, -0.2) is 42.9 Å². The molecule has 4 unspecified atom stereocenters. The van der Waals surface area contributed by atoms with Crippen LogP contribution in [0.2, 0.25) is 0 Å². The van der Waals surface area contributed by atoms with Crippen molar-refractivity contribution in [1.29, 1.82) is 0 Å². The van der Waals surface area contributed by atoms with Crippen molar-refractivity contribution in [2.24, 2.45) is 23.7 Å². The van der Waals surface area contributed by atoms with E-state index in [1.54, 1.807) is 23.1 Å². The van der Waals surface area contributed by atoms with E-state index in [2.05, 4.69) is 0 Å². The smallest absolute Gasteiger partial charge is 0.368 e. The molecule has 0 radical (unpaired) electrons. The van der Waals surface area contributed by atoms with Crippen molar-refractivity contribution in [3.05, 3.63) is 70.3 Å². The summed E-state index contributed by atoms with van der Waals surface area (Å²) >= 11 is 0. The van der Waals surface area contributed by atoms with E-state index in [4.69, 9.17) is 0 Å². The lowest BCUT2D eigenvalue weighted by Gasteiger charge is -2.48. The molecule has 3 fully saturated rings. The number of allylic oxidation sites excluding steroid dienone is 2. The second-order valence-corrected chi connectivity index (χ2v) is 9.56. The van der Waals surface area contributed by atoms with Gasteiger partial charge in [-0.15, -0.1) is 0 Å². The molecule has 2 aromatic carbocycles. The van der Waals surface area contributed by atoms with Gasteiger partial charge in [0.05, 0.1) is 28.0 Å². The molecule has 36 heavy (non-hydrogen) atoms. The van der Waals surface area contributed by atoms with Crippen LogP contribution in [0.15, 0.2) is 54.6 Å². The van der Waals surface area contributed by atoms with Crippen LogP contribution >= 0.6 is 0 Å². The Bertz CT molecular complexity index is 1290. The van der Waals surface area contributed by atoms with Gasteiger partial charge >= 0.3 is 6.18 Å². The first-order valence-corrected chi connectivity index (χ1v) is 11.7. The SMILES string of the molecule is O=C1C2C3C=CC3C2C(=O)N1c1ccc(N2CCN(c3cccc(C(F)(F)F)c3)CC2)c([N+](=O)[O-])c1. The second kappa shape index (κ2) is 7.81. The molecular formula is C25H21F3N4O4. The Balaban J connectivity index is 1.21. The third kappa shape index (κ3) is 3.29. The number of hydrogen-bond donors (Lipinski definition) is 0. The molecule has 4 atom stereocenters. The maximum absolute atomic E-state index is 13.1. The van der Waals surface area contributed by atoms with Crippen LogP contribution in [0.25, 0.3) is 0 Å². The Morgan fingerprint density at radius 1 is 0.833 bits per heavy atom. The molecule has 1 saturated carbocycles. The largest absolute Gasteiger partial charge is 0.416 e. The van der Waals surface area contributed by atoms with Crippen LogP contribution in [0.5, 0.6) is 0 Å². The number of imide groups is 1. The first kappa shape index (κ1) is 22.6. The quantitative estimate of drug-likeness (QED) is 0.275. The monoisotopic (exact) mass is 498 g/mol. The summed E-state index contributed by atoms with van der Waals surface area (Å²) < 4.78 is 39.2. The number of alkyl halides is 3. The van der Waals surface area contributed by atoms with Crippen LogP contribution in [-0.2, 0) is 15.8 Å². The summed E-state index contributed by atoms with van der Waals surface area (Å²) in [4.78, 5) is 41.9. The van der Waals surface area contributed by atoms with Crippen LogP contribution in [0, 0.1) is 33.8 Å². The van der Waals surface area contributed by atoms with Crippen molar-refractivity contribution in [3.63, 3.8) is 0 Å². The van der Waals surface area contributed by atoms with E-state index in [-0.39, 0.29) is 46.9 Å². The summed E-state index contributed by atoms with van der Waals surface area (Å²) in [7, 11) is 0. The predicted molar refractivity (Wildman–Crippen MR) is 125 cm³/mol. The lowest BCUT2D eigenvalue weighted by Crippen LogP contribution is -2.50. The molecule has 6 rings (SSSR count). The van der Waals surface area contributed by atoms with E-state index in [1.165, 1.54) is 12.1 Å². The van der Waals surface area contributed by atoms with Gasteiger partial charge in [-0.3, -0.25) is 19.7 Å². The van der Waals surface area contributed by atoms with Gasteiger partial charge in [-0.25, -0.2) is 4.90 Å². The first-order chi connectivity index (χ1) is 17.1. The highest BCUT2D eigenvalue weighted by atomic mass is 19.4. The lowest BCUT2D eigenvalue weighted by molar-refractivity contribution is -0.384. The van der Waals surface area contributed by atoms with Gasteiger partial charge < -0.3 is 9.80 Å². The topological polar surface area (TPSA) is 87.0 Å². The molecule has 0 bridgehead atoms. The fraction of sp³-hybridized carbons (Fsp3) is 0.360. The number of nitrogens with zero attached hydrogens (tertiary/aromatic N) is 4. The zero-order chi connectivity index (χ0) is 25.4. The van der Waals surface area contributed by atoms with Crippen molar-refractivity contribution < 1.29 is 27.7 Å². The molecule has 0 aromatic heterocycles. The number of amides is 2. The molecule has 2 aliphatic carbocycles. The maximum Gasteiger partial charge on any atom is 0.416 e. The number of carbonyl (C=O) groups is 2. The van der Waals surface area contributed by atoms with Crippen LogP contribution < -0.4 is 14.7 Å². The lowest BCUT2D eigenvalue weighted by atomic mass is 9.52. The Labute approximate surface area is 203 Å². The normalized spacial score (nSPS) is 26.9. The molecule has 2 amide bonds. The number of piperazine rings is 1. The van der Waals surface area contributed by atoms with Gasteiger partial charge in [0.1, 0.15) is 5.69 Å². The summed E-state index contributed by atoms with van der Waals surface area (Å²) in [5, 5.41) is 11.9. The fourth-order valence-corrected chi connectivity index (χ4v) is 5.87. The average molecular weight is 498 g/mol. The predicted octanol–water partition coefficient (Wildman–Crippen LogP) is 3.86. The van der Waals surface area contributed by atoms with Crippen molar-refractivity contribution >= 4 is 34.6 Å². The molecule has 0 N–H and O–H groups in total. The van der Waals surface area contributed by atoms with Gasteiger partial charge in [0.15, 0.2) is 0 Å². The number of benzene rings is 2. The minimum atomic E-state index is -4.44. The number of nitro benzene ring substituents is 1. The van der Waals surface area contributed by atoms with Gasteiger partial charge in [0.2, 0.25) is 11.8 Å². The average Bonchev–Trinajstić information content (AvgIpc) is 3.05. The van der Waals surface area contributed by atoms with Gasteiger partial charge in [0.25, 0.3) is 5.69 Å². The Morgan fingerprint density at radius 2 is 1.44 bits per heavy atom. The van der Waals surface area contributed by atoms with E-state index in [0.717, 1.165) is 17.0 Å². The van der Waals surface area contributed by atoms with Crippen LogP contribution in [0.3, 0.4) is 0 Å². The molecule has 2 saturated heterocycles. The summed E-state index contributed by atoms with van der Waals surface area (Å²) in [6, 6.07) is 9.46. The molecular weight excluding hydrogens is 477 g/mol. The number of carbonyl (C=O) groups excluding carboxylic acids is 2. The Hall–Kier alpha value is -3.89. The van der Waals surface area contributed by atoms with Gasteiger partial charge in [-0.1, -0.05) is 18.2 Å². The number of fused-ring (bicyclic) bond motifs is 4. The van der Waals surface area contributed by atoms with Gasteiger partial charge in [-0.05, 0) is 42.2 Å². The van der Waals surface area contributed by atoms with E-state index in [0.29, 0.717) is 37.6 Å². The van der Waals surface area contributed by atoms with Crippen LogP contribution in [0.1, 0.15) is 5.56 Å². The molecule has 0 spiro atoms. The standard InChI is InChI=1S/C25H21F3N4O4/c26-25(27,28)14-2-1-3-15(12-14)29-8-10-30(11-9-29)19-7-4-16(13-20(19)32(35)36)31-23(33)21-17-5-6-18(17)22(21)24(31)34/h1-7,12-13,17-18,21-22H,8-11H2. The highest BCUT2D eigenvalue weighted by molar-refractivity contribution is 6.23. The van der Waals surface area contributed by atoms with E-state index >= 15 is 0 Å². The molecule has 11 heteroatoms. The first-order valence-electron chi connectivity index (χ1n) is 11.7. The van der Waals surface area contributed by atoms with E-state index in [1.807, 2.05) is 17.1 Å². The third-order valence-corrected chi connectivity index (χ3v) is 7.80. The number of halogens is 3. The Kier molecular flexibility index (Phi) is 4.89. The number of hydrogen-bond acceptors (Lipinski definition) is 6. The fourth-order valence-electron chi connectivity index (χ4n) is 5.87. The molecule has 2 aliphatic heterocycles. The molecule has 186 valence electrons. The summed E-state index contributed by atoms with van der Waals surface area (Å²) in [5.41, 5.74) is 0.0319. The van der Waals surface area contributed by atoms with E-state index in [9.17, 15) is 32.9 Å². The van der Waals surface area contributed by atoms with Gasteiger partial charge in [-0.2, -0.15) is 13.2 Å².